The SMILES string of the molecule is CC(C)(C)C(OC(=O)CBr)c1ccccc1[N+](=O)[O-]. The Bertz CT molecular complexity index is 482. The van der Waals surface area contributed by atoms with Crippen molar-refractivity contribution >= 4 is 27.6 Å². The highest BCUT2D eigenvalue weighted by molar-refractivity contribution is 9.09. The van der Waals surface area contributed by atoms with Crippen LogP contribution >= 0.6 is 15.9 Å². The Morgan fingerprint density at radius 3 is 2.47 bits per heavy atom. The largest absolute Gasteiger partial charge is 0.456 e. The maximum Gasteiger partial charge on any atom is 0.317 e. The fourth-order valence-corrected chi connectivity index (χ4v) is 1.88. The maximum atomic E-state index is 11.5. The molecule has 0 spiro atoms. The monoisotopic (exact) mass is 329 g/mol. The fraction of sp³-hybridized carbons (Fsp3) is 0.462. The lowest BCUT2D eigenvalue weighted by atomic mass is 9.84. The van der Waals surface area contributed by atoms with E-state index in [1.54, 1.807) is 18.2 Å². The summed E-state index contributed by atoms with van der Waals surface area (Å²) in [6, 6.07) is 6.32. The molecule has 0 aliphatic carbocycles. The quantitative estimate of drug-likeness (QED) is 0.366. The van der Waals surface area contributed by atoms with E-state index in [1.807, 2.05) is 20.8 Å². The zero-order chi connectivity index (χ0) is 14.6. The van der Waals surface area contributed by atoms with Crippen LogP contribution in [0.4, 0.5) is 5.69 Å². The maximum absolute atomic E-state index is 11.5. The third-order valence-corrected chi connectivity index (χ3v) is 3.02. The number of carbonyl (C=O) groups excluding carboxylic acids is 1. The number of para-hydroxylation sites is 1. The van der Waals surface area contributed by atoms with Gasteiger partial charge in [-0.2, -0.15) is 0 Å². The van der Waals surface area contributed by atoms with Crippen LogP contribution in [0.5, 0.6) is 0 Å². The number of esters is 1. The van der Waals surface area contributed by atoms with Crippen molar-refractivity contribution in [3.63, 3.8) is 0 Å². The van der Waals surface area contributed by atoms with Gasteiger partial charge >= 0.3 is 5.97 Å². The number of hydrogen-bond donors (Lipinski definition) is 0. The third-order valence-electron chi connectivity index (χ3n) is 2.56. The third kappa shape index (κ3) is 4.02. The van der Waals surface area contributed by atoms with Crippen LogP contribution in [0.25, 0.3) is 0 Å². The predicted octanol–water partition coefficient (Wildman–Crippen LogP) is 3.62. The highest BCUT2D eigenvalue weighted by Crippen LogP contribution is 2.40. The first kappa shape index (κ1) is 15.6. The molecule has 0 N–H and O–H groups in total. The number of benzene rings is 1. The highest BCUT2D eigenvalue weighted by Gasteiger charge is 2.34. The summed E-state index contributed by atoms with van der Waals surface area (Å²) in [5.41, 5.74) is -0.0664. The van der Waals surface area contributed by atoms with Gasteiger partial charge in [0.25, 0.3) is 5.69 Å². The van der Waals surface area contributed by atoms with Crippen molar-refractivity contribution in [2.45, 2.75) is 26.9 Å². The number of halogens is 1. The van der Waals surface area contributed by atoms with Crippen LogP contribution in [-0.2, 0) is 9.53 Å². The first-order valence-corrected chi connectivity index (χ1v) is 6.88. The van der Waals surface area contributed by atoms with Gasteiger partial charge in [-0.1, -0.05) is 48.8 Å². The summed E-state index contributed by atoms with van der Waals surface area (Å²) in [4.78, 5) is 22.1. The van der Waals surface area contributed by atoms with Gasteiger partial charge in [-0.05, 0) is 6.07 Å². The number of nitro benzene ring substituents is 1. The van der Waals surface area contributed by atoms with Crippen LogP contribution in [-0.4, -0.2) is 16.2 Å². The molecule has 0 saturated carbocycles. The van der Waals surface area contributed by atoms with Crippen LogP contribution in [0.15, 0.2) is 24.3 Å². The number of ether oxygens (including phenoxy) is 1. The summed E-state index contributed by atoms with van der Waals surface area (Å²) in [6.45, 7) is 5.61. The van der Waals surface area contributed by atoms with Gasteiger partial charge in [-0.25, -0.2) is 0 Å². The first-order chi connectivity index (χ1) is 8.77. The fourth-order valence-electron chi connectivity index (χ4n) is 1.75. The topological polar surface area (TPSA) is 69.4 Å². The zero-order valence-electron chi connectivity index (χ0n) is 11.1. The van der Waals surface area contributed by atoms with Gasteiger partial charge in [0.05, 0.1) is 10.5 Å². The second kappa shape index (κ2) is 6.14. The minimum atomic E-state index is -0.667. The minimum Gasteiger partial charge on any atom is -0.456 e. The number of nitrogens with zero attached hydrogens (tertiary/aromatic N) is 1. The Hall–Kier alpha value is -1.43. The lowest BCUT2D eigenvalue weighted by molar-refractivity contribution is -0.386. The molecule has 1 unspecified atom stereocenters. The second-order valence-electron chi connectivity index (χ2n) is 5.19. The molecule has 104 valence electrons. The standard InChI is InChI=1S/C13H16BrNO4/c1-13(2,3)12(19-11(16)8-14)9-6-4-5-7-10(9)15(17)18/h4-7,12H,8H2,1-3H3. The van der Waals surface area contributed by atoms with Crippen LogP contribution < -0.4 is 0 Å². The van der Waals surface area contributed by atoms with E-state index in [2.05, 4.69) is 15.9 Å². The van der Waals surface area contributed by atoms with Crippen molar-refractivity contribution in [1.82, 2.24) is 0 Å². The van der Waals surface area contributed by atoms with E-state index in [4.69, 9.17) is 4.74 Å². The van der Waals surface area contributed by atoms with Crippen molar-refractivity contribution in [1.29, 1.82) is 0 Å². The molecule has 0 saturated heterocycles. The lowest BCUT2D eigenvalue weighted by Crippen LogP contribution is -2.25. The zero-order valence-corrected chi connectivity index (χ0v) is 12.6. The summed E-state index contributed by atoms with van der Waals surface area (Å²) >= 11 is 3.02. The summed E-state index contributed by atoms with van der Waals surface area (Å²) < 4.78 is 5.35. The first-order valence-electron chi connectivity index (χ1n) is 5.76. The molecule has 1 aromatic rings. The molecule has 0 aliphatic heterocycles. The minimum absolute atomic E-state index is 0.0372. The molecule has 1 aromatic carbocycles. The molecule has 6 heteroatoms. The number of rotatable bonds is 4. The molecular formula is C13H16BrNO4. The Kier molecular flexibility index (Phi) is 5.05. The second-order valence-corrected chi connectivity index (χ2v) is 5.75. The highest BCUT2D eigenvalue weighted by atomic mass is 79.9. The molecule has 0 heterocycles. The lowest BCUT2D eigenvalue weighted by Gasteiger charge is -2.30. The summed E-state index contributed by atoms with van der Waals surface area (Å²) in [5.74, 6) is -0.446. The van der Waals surface area contributed by atoms with E-state index in [1.165, 1.54) is 6.07 Å². The molecule has 19 heavy (non-hydrogen) atoms. The summed E-state index contributed by atoms with van der Waals surface area (Å²) in [5, 5.41) is 11.1. The molecule has 0 amide bonds. The van der Waals surface area contributed by atoms with Crippen LogP contribution in [0.2, 0.25) is 0 Å². The number of hydrogen-bond acceptors (Lipinski definition) is 4. The van der Waals surface area contributed by atoms with E-state index in [0.29, 0.717) is 5.56 Å². The van der Waals surface area contributed by atoms with Gasteiger partial charge in [0.1, 0.15) is 11.4 Å². The van der Waals surface area contributed by atoms with E-state index in [9.17, 15) is 14.9 Å². The Labute approximate surface area is 120 Å². The van der Waals surface area contributed by atoms with Crippen LogP contribution in [0, 0.1) is 15.5 Å². The Balaban J connectivity index is 3.25. The van der Waals surface area contributed by atoms with Gasteiger partial charge in [0, 0.05) is 11.5 Å². The molecule has 0 fully saturated rings. The summed E-state index contributed by atoms with van der Waals surface area (Å²) in [7, 11) is 0. The normalized spacial score (nSPS) is 12.8. The van der Waals surface area contributed by atoms with Gasteiger partial charge in [0.2, 0.25) is 0 Å². The Morgan fingerprint density at radius 1 is 1.42 bits per heavy atom. The van der Waals surface area contributed by atoms with Gasteiger partial charge in [-0.3, -0.25) is 14.9 Å². The molecular weight excluding hydrogens is 314 g/mol. The Morgan fingerprint density at radius 2 is 2.00 bits per heavy atom. The number of nitro groups is 1. The van der Waals surface area contributed by atoms with E-state index >= 15 is 0 Å². The van der Waals surface area contributed by atoms with Gasteiger partial charge in [-0.15, -0.1) is 0 Å². The van der Waals surface area contributed by atoms with E-state index in [-0.39, 0.29) is 11.0 Å². The van der Waals surface area contributed by atoms with Crippen LogP contribution in [0.3, 0.4) is 0 Å². The molecule has 0 aromatic heterocycles. The van der Waals surface area contributed by atoms with Gasteiger partial charge in [0.15, 0.2) is 0 Å². The number of alkyl halides is 1. The van der Waals surface area contributed by atoms with E-state index < -0.39 is 22.4 Å². The van der Waals surface area contributed by atoms with Crippen molar-refractivity contribution in [2.75, 3.05) is 5.33 Å². The molecule has 5 nitrogen and oxygen atoms in total. The number of carbonyl (C=O) groups is 1. The van der Waals surface area contributed by atoms with Crippen molar-refractivity contribution in [3.05, 3.63) is 39.9 Å². The predicted molar refractivity (Wildman–Crippen MR) is 75.2 cm³/mol. The molecule has 0 bridgehead atoms. The van der Waals surface area contributed by atoms with E-state index in [0.717, 1.165) is 0 Å². The van der Waals surface area contributed by atoms with Crippen molar-refractivity contribution in [2.24, 2.45) is 5.41 Å². The average molecular weight is 330 g/mol. The van der Waals surface area contributed by atoms with Gasteiger partial charge < -0.3 is 4.74 Å². The molecule has 1 rings (SSSR count). The van der Waals surface area contributed by atoms with Crippen molar-refractivity contribution in [3.8, 4) is 0 Å². The molecule has 0 radical (unpaired) electrons. The smallest absolute Gasteiger partial charge is 0.317 e. The average Bonchev–Trinajstić information content (AvgIpc) is 2.34. The molecule has 0 aliphatic rings. The van der Waals surface area contributed by atoms with Crippen molar-refractivity contribution < 1.29 is 14.5 Å². The van der Waals surface area contributed by atoms with Crippen LogP contribution in [0.1, 0.15) is 32.4 Å². The molecule has 1 atom stereocenters. The summed E-state index contributed by atoms with van der Waals surface area (Å²) in [6.07, 6.45) is -0.667.